The van der Waals surface area contributed by atoms with E-state index in [1.165, 1.54) is 0 Å². The van der Waals surface area contributed by atoms with Crippen LogP contribution in [0.5, 0.6) is 17.2 Å². The van der Waals surface area contributed by atoms with Crippen LogP contribution < -0.4 is 28.9 Å². The number of piperazine rings is 1. The van der Waals surface area contributed by atoms with Crippen LogP contribution in [0.25, 0.3) is 0 Å². The van der Waals surface area contributed by atoms with Crippen LogP contribution in [0, 0.1) is 5.92 Å². The minimum Gasteiger partial charge on any atom is -0.493 e. The van der Waals surface area contributed by atoms with E-state index in [-0.39, 0.29) is 12.2 Å². The molecule has 2 amide bonds. The summed E-state index contributed by atoms with van der Waals surface area (Å²) < 4.78 is 17.4. The first-order chi connectivity index (χ1) is 22.2. The summed E-state index contributed by atoms with van der Waals surface area (Å²) in [5.41, 5.74) is 3.53. The van der Waals surface area contributed by atoms with Crippen molar-refractivity contribution >= 4 is 34.7 Å². The minimum absolute atomic E-state index is 0.145. The van der Waals surface area contributed by atoms with Crippen LogP contribution in [0.3, 0.4) is 0 Å². The Kier molecular flexibility index (Phi) is 11.2. The number of nitrogens with zero attached hydrogens (tertiary/aromatic N) is 5. The first-order valence-electron chi connectivity index (χ1n) is 16.2. The quantitative estimate of drug-likeness (QED) is 0.213. The molecule has 0 aromatic heterocycles. The molecule has 0 aliphatic carbocycles. The molecule has 10 heteroatoms. The lowest BCUT2D eigenvalue weighted by molar-refractivity contribution is 0.133. The van der Waals surface area contributed by atoms with Crippen LogP contribution in [0.4, 0.5) is 21.9 Å². The molecule has 2 aliphatic heterocycles. The van der Waals surface area contributed by atoms with Crippen LogP contribution in [-0.4, -0.2) is 89.1 Å². The lowest BCUT2D eigenvalue weighted by Gasteiger charge is -2.34. The molecule has 0 spiro atoms. The summed E-state index contributed by atoms with van der Waals surface area (Å²) >= 11 is 6.89. The number of halogens is 1. The van der Waals surface area contributed by atoms with Gasteiger partial charge in [-0.3, -0.25) is 14.7 Å². The zero-order valence-electron chi connectivity index (χ0n) is 28.0. The first kappa shape index (κ1) is 33.7. The van der Waals surface area contributed by atoms with Crippen molar-refractivity contribution < 1.29 is 19.0 Å². The normalized spacial score (nSPS) is 16.9. The van der Waals surface area contributed by atoms with Crippen LogP contribution in [-0.2, 0) is 6.54 Å². The molecule has 1 unspecified atom stereocenters. The Hall–Kier alpha value is -3.66. The molecule has 9 nitrogen and oxygen atoms in total. The fraction of sp³-hybridized carbons (Fsp3) is 0.472. The van der Waals surface area contributed by atoms with Gasteiger partial charge in [-0.25, -0.2) is 4.79 Å². The van der Waals surface area contributed by atoms with E-state index in [1.54, 1.807) is 25.2 Å². The van der Waals surface area contributed by atoms with Crippen molar-refractivity contribution in [1.82, 2.24) is 9.80 Å². The Labute approximate surface area is 279 Å². The van der Waals surface area contributed by atoms with Gasteiger partial charge in [-0.15, -0.1) is 0 Å². The van der Waals surface area contributed by atoms with Crippen molar-refractivity contribution in [3.8, 4) is 17.2 Å². The summed E-state index contributed by atoms with van der Waals surface area (Å²) in [5, 5.41) is 0.346. The number of carbonyl (C=O) groups excluding carboxylic acids is 1. The smallest absolute Gasteiger partial charge is 0.330 e. The highest BCUT2D eigenvalue weighted by Crippen LogP contribution is 2.45. The van der Waals surface area contributed by atoms with Crippen molar-refractivity contribution in [2.24, 2.45) is 5.92 Å². The van der Waals surface area contributed by atoms with Gasteiger partial charge in [0.05, 0.1) is 31.3 Å². The largest absolute Gasteiger partial charge is 0.493 e. The van der Waals surface area contributed by atoms with Gasteiger partial charge in [0.25, 0.3) is 0 Å². The summed E-state index contributed by atoms with van der Waals surface area (Å²) in [6, 6.07) is 19.8. The number of likely N-dealkylation sites (N-methyl/N-ethyl adjacent to an activating group) is 1. The maximum Gasteiger partial charge on any atom is 0.330 e. The number of amides is 2. The van der Waals surface area contributed by atoms with Gasteiger partial charge in [0.2, 0.25) is 0 Å². The number of methoxy groups -OCH3 is 2. The molecule has 5 rings (SSSR count). The fourth-order valence-electron chi connectivity index (χ4n) is 6.17. The summed E-state index contributed by atoms with van der Waals surface area (Å²) in [5.74, 6) is 2.19. The van der Waals surface area contributed by atoms with Crippen LogP contribution >= 0.6 is 11.6 Å². The topological polar surface area (TPSA) is 61.0 Å². The molecule has 3 aromatic carbocycles. The number of carbonyl (C=O) groups is 1. The highest BCUT2D eigenvalue weighted by atomic mass is 35.5. The van der Waals surface area contributed by atoms with Crippen LogP contribution in [0.15, 0.2) is 60.7 Å². The summed E-state index contributed by atoms with van der Waals surface area (Å²) in [7, 11) is 5.30. The average Bonchev–Trinajstić information content (AvgIpc) is 3.33. The molecule has 2 aliphatic rings. The van der Waals surface area contributed by atoms with E-state index in [0.717, 1.165) is 61.8 Å². The van der Waals surface area contributed by atoms with Crippen molar-refractivity contribution in [2.75, 3.05) is 81.8 Å². The molecule has 46 heavy (non-hydrogen) atoms. The van der Waals surface area contributed by atoms with Gasteiger partial charge in [-0.1, -0.05) is 55.8 Å². The van der Waals surface area contributed by atoms with Crippen molar-refractivity contribution in [2.45, 2.75) is 39.9 Å². The Morgan fingerprint density at radius 1 is 0.935 bits per heavy atom. The van der Waals surface area contributed by atoms with E-state index in [0.29, 0.717) is 47.8 Å². The summed E-state index contributed by atoms with van der Waals surface area (Å²) in [6.45, 7) is 13.3. The number of fused-ring (bicyclic) bond motifs is 1. The van der Waals surface area contributed by atoms with E-state index >= 15 is 0 Å². The Morgan fingerprint density at radius 2 is 1.63 bits per heavy atom. The molecule has 1 fully saturated rings. The third-order valence-corrected chi connectivity index (χ3v) is 9.34. The number of urea groups is 1. The predicted molar refractivity (Wildman–Crippen MR) is 187 cm³/mol. The molecule has 0 radical (unpaired) electrons. The van der Waals surface area contributed by atoms with Gasteiger partial charge in [-0.2, -0.15) is 0 Å². The Bertz CT molecular complexity index is 1480. The van der Waals surface area contributed by atoms with Crippen molar-refractivity contribution in [3.63, 3.8) is 0 Å². The van der Waals surface area contributed by atoms with E-state index in [9.17, 15) is 4.79 Å². The standard InChI is InChI=1S/C36H48ClN5O4/c1-26(2)17-18-40(31-15-16-33(44-5)35(45-6)34(31)37)36(43)42-27(3)41(29-12-8-9-13-30(29)42)25-28-11-7-10-14-32(28)46-24-23-39-21-19-38(4)20-22-39/h7-16,26-27H,17-25H2,1-6H3. The summed E-state index contributed by atoms with van der Waals surface area (Å²) in [4.78, 5) is 25.4. The predicted octanol–water partition coefficient (Wildman–Crippen LogP) is 6.83. The monoisotopic (exact) mass is 649 g/mol. The number of hydrogen-bond acceptors (Lipinski definition) is 7. The molecule has 1 atom stereocenters. The number of anilines is 3. The van der Waals surface area contributed by atoms with E-state index in [4.69, 9.17) is 25.8 Å². The summed E-state index contributed by atoms with van der Waals surface area (Å²) in [6.07, 6.45) is 0.548. The number of para-hydroxylation sites is 3. The Morgan fingerprint density at radius 3 is 2.33 bits per heavy atom. The third kappa shape index (κ3) is 7.32. The molecular formula is C36H48ClN5O4. The highest BCUT2D eigenvalue weighted by Gasteiger charge is 2.40. The maximum absolute atomic E-state index is 14.7. The maximum atomic E-state index is 14.7. The number of ether oxygens (including phenoxy) is 3. The van der Waals surface area contributed by atoms with Crippen LogP contribution in [0.2, 0.25) is 5.02 Å². The van der Waals surface area contributed by atoms with Gasteiger partial charge in [0, 0.05) is 51.4 Å². The fourth-order valence-corrected chi connectivity index (χ4v) is 6.51. The highest BCUT2D eigenvalue weighted by molar-refractivity contribution is 6.35. The second-order valence-electron chi connectivity index (χ2n) is 12.5. The molecule has 0 bridgehead atoms. The second-order valence-corrected chi connectivity index (χ2v) is 12.8. The number of hydrogen-bond donors (Lipinski definition) is 0. The van der Waals surface area contributed by atoms with Crippen LogP contribution in [0.1, 0.15) is 32.8 Å². The Balaban J connectivity index is 1.40. The van der Waals surface area contributed by atoms with Gasteiger partial charge in [0.1, 0.15) is 23.5 Å². The lowest BCUT2D eigenvalue weighted by Crippen LogP contribution is -2.50. The average molecular weight is 650 g/mol. The van der Waals surface area contributed by atoms with Crippen molar-refractivity contribution in [3.05, 3.63) is 71.2 Å². The second kappa shape index (κ2) is 15.3. The molecule has 1 saturated heterocycles. The van der Waals surface area contributed by atoms with Gasteiger partial charge < -0.3 is 24.0 Å². The number of benzene rings is 3. The van der Waals surface area contributed by atoms with Crippen molar-refractivity contribution in [1.29, 1.82) is 0 Å². The first-order valence-corrected chi connectivity index (χ1v) is 16.6. The molecule has 3 aromatic rings. The van der Waals surface area contributed by atoms with Gasteiger partial charge in [-0.05, 0) is 56.6 Å². The molecule has 0 N–H and O–H groups in total. The molecule has 248 valence electrons. The zero-order chi connectivity index (χ0) is 32.8. The molecular weight excluding hydrogens is 602 g/mol. The van der Waals surface area contributed by atoms with Gasteiger partial charge in [0.15, 0.2) is 11.5 Å². The van der Waals surface area contributed by atoms with Gasteiger partial charge >= 0.3 is 6.03 Å². The number of rotatable bonds is 12. The van der Waals surface area contributed by atoms with E-state index in [2.05, 4.69) is 54.7 Å². The lowest BCUT2D eigenvalue weighted by atomic mass is 10.1. The molecule has 2 heterocycles. The SMILES string of the molecule is COc1ccc(N(CCC(C)C)C(=O)N2c3ccccc3N(Cc3ccccc3OCCN3CCN(C)CC3)C2C)c(Cl)c1OC. The van der Waals surface area contributed by atoms with E-state index < -0.39 is 0 Å². The zero-order valence-corrected chi connectivity index (χ0v) is 28.8. The molecule has 0 saturated carbocycles. The minimum atomic E-state index is -0.260. The van der Waals surface area contributed by atoms with E-state index in [1.807, 2.05) is 47.4 Å². The third-order valence-electron chi connectivity index (χ3n) is 8.97.